The van der Waals surface area contributed by atoms with E-state index < -0.39 is 0 Å². The first kappa shape index (κ1) is 17.6. The van der Waals surface area contributed by atoms with Gasteiger partial charge in [0.15, 0.2) is 0 Å². The molecule has 2 rings (SSSR count). The predicted octanol–water partition coefficient (Wildman–Crippen LogP) is 3.00. The average Bonchev–Trinajstić information content (AvgIpc) is 2.54. The number of hydrogen-bond donors (Lipinski definition) is 2. The summed E-state index contributed by atoms with van der Waals surface area (Å²) in [5, 5.41) is 5.61. The van der Waals surface area contributed by atoms with Crippen LogP contribution < -0.4 is 15.4 Å². The largest absolute Gasteiger partial charge is 0.494 e. The van der Waals surface area contributed by atoms with Crippen LogP contribution in [0.25, 0.3) is 0 Å². The van der Waals surface area contributed by atoms with Gasteiger partial charge in [0.1, 0.15) is 12.5 Å². The highest BCUT2D eigenvalue weighted by Gasteiger charge is 2.15. The molecule has 6 heteroatoms. The lowest BCUT2D eigenvalue weighted by atomic mass is 10.1. The third-order valence-corrected chi connectivity index (χ3v) is 3.52. The molecule has 1 aliphatic heterocycles. The van der Waals surface area contributed by atoms with Crippen LogP contribution in [0.2, 0.25) is 0 Å². The summed E-state index contributed by atoms with van der Waals surface area (Å²) >= 11 is 0. The first-order valence-corrected chi connectivity index (χ1v) is 8.10. The number of nitrogens with one attached hydrogen (secondary N) is 2. The van der Waals surface area contributed by atoms with Crippen LogP contribution in [0.4, 0.5) is 10.5 Å². The van der Waals surface area contributed by atoms with E-state index in [4.69, 9.17) is 14.2 Å². The highest BCUT2D eigenvalue weighted by atomic mass is 16.7. The molecule has 6 nitrogen and oxygen atoms in total. The van der Waals surface area contributed by atoms with Crippen molar-refractivity contribution in [2.75, 3.05) is 31.9 Å². The molecule has 0 radical (unpaired) electrons. The minimum Gasteiger partial charge on any atom is -0.494 e. The SMILES string of the molecule is CC(C)CCOc1cccc(NC(=O)NCC2CCOCO2)c1. The summed E-state index contributed by atoms with van der Waals surface area (Å²) < 4.78 is 16.2. The van der Waals surface area contributed by atoms with Crippen molar-refractivity contribution in [3.8, 4) is 5.75 Å². The average molecular weight is 322 g/mol. The molecule has 1 aliphatic rings. The number of anilines is 1. The summed E-state index contributed by atoms with van der Waals surface area (Å²) in [6.45, 7) is 6.43. The van der Waals surface area contributed by atoms with E-state index in [0.29, 0.717) is 38.2 Å². The Morgan fingerprint density at radius 1 is 1.43 bits per heavy atom. The Hall–Kier alpha value is -1.79. The van der Waals surface area contributed by atoms with Gasteiger partial charge in [0, 0.05) is 18.3 Å². The molecule has 1 atom stereocenters. The smallest absolute Gasteiger partial charge is 0.319 e. The summed E-state index contributed by atoms with van der Waals surface area (Å²) in [6.07, 6.45) is 1.81. The highest BCUT2D eigenvalue weighted by Crippen LogP contribution is 2.18. The van der Waals surface area contributed by atoms with E-state index in [-0.39, 0.29) is 12.1 Å². The molecule has 1 heterocycles. The lowest BCUT2D eigenvalue weighted by Gasteiger charge is -2.22. The molecule has 23 heavy (non-hydrogen) atoms. The molecule has 0 saturated carbocycles. The van der Waals surface area contributed by atoms with Gasteiger partial charge in [0.25, 0.3) is 0 Å². The summed E-state index contributed by atoms with van der Waals surface area (Å²) in [5.74, 6) is 1.37. The van der Waals surface area contributed by atoms with Crippen LogP contribution in [0.1, 0.15) is 26.7 Å². The van der Waals surface area contributed by atoms with Crippen LogP contribution in [0.5, 0.6) is 5.75 Å². The molecule has 0 aromatic heterocycles. The van der Waals surface area contributed by atoms with E-state index in [9.17, 15) is 4.79 Å². The van der Waals surface area contributed by atoms with Crippen LogP contribution in [-0.2, 0) is 9.47 Å². The number of urea groups is 1. The fraction of sp³-hybridized carbons (Fsp3) is 0.588. The van der Waals surface area contributed by atoms with Gasteiger partial charge < -0.3 is 24.8 Å². The van der Waals surface area contributed by atoms with Gasteiger partial charge in [0.2, 0.25) is 0 Å². The second kappa shape index (κ2) is 9.37. The van der Waals surface area contributed by atoms with Crippen molar-refractivity contribution in [2.45, 2.75) is 32.8 Å². The van der Waals surface area contributed by atoms with E-state index in [1.165, 1.54) is 0 Å². The van der Waals surface area contributed by atoms with Crippen molar-refractivity contribution < 1.29 is 19.0 Å². The van der Waals surface area contributed by atoms with E-state index in [1.54, 1.807) is 0 Å². The van der Waals surface area contributed by atoms with Crippen LogP contribution >= 0.6 is 0 Å². The van der Waals surface area contributed by atoms with Gasteiger partial charge in [-0.1, -0.05) is 19.9 Å². The van der Waals surface area contributed by atoms with Gasteiger partial charge in [-0.05, 0) is 30.9 Å². The molecular weight excluding hydrogens is 296 g/mol. The molecule has 128 valence electrons. The Kier molecular flexibility index (Phi) is 7.16. The lowest BCUT2D eigenvalue weighted by Crippen LogP contribution is -2.38. The van der Waals surface area contributed by atoms with E-state index >= 15 is 0 Å². The van der Waals surface area contributed by atoms with Gasteiger partial charge in [-0.25, -0.2) is 4.79 Å². The maximum atomic E-state index is 11.9. The molecule has 1 fully saturated rings. The summed E-state index contributed by atoms with van der Waals surface area (Å²) in [4.78, 5) is 11.9. The molecule has 0 aliphatic carbocycles. The van der Waals surface area contributed by atoms with Crippen LogP contribution in [0, 0.1) is 5.92 Å². The monoisotopic (exact) mass is 322 g/mol. The van der Waals surface area contributed by atoms with Crippen LogP contribution in [-0.4, -0.2) is 38.7 Å². The molecular formula is C17H26N2O4. The summed E-state index contributed by atoms with van der Waals surface area (Å²) in [7, 11) is 0. The fourth-order valence-electron chi connectivity index (χ4n) is 2.12. The summed E-state index contributed by atoms with van der Waals surface area (Å²) in [6, 6.07) is 7.16. The molecule has 1 aromatic rings. The third kappa shape index (κ3) is 6.88. The van der Waals surface area contributed by atoms with Crippen molar-refractivity contribution in [3.63, 3.8) is 0 Å². The Balaban J connectivity index is 1.74. The Morgan fingerprint density at radius 3 is 3.04 bits per heavy atom. The Morgan fingerprint density at radius 2 is 2.30 bits per heavy atom. The zero-order valence-electron chi connectivity index (χ0n) is 13.8. The third-order valence-electron chi connectivity index (χ3n) is 3.52. The maximum Gasteiger partial charge on any atom is 0.319 e. The van der Waals surface area contributed by atoms with Crippen molar-refractivity contribution >= 4 is 11.7 Å². The van der Waals surface area contributed by atoms with Crippen LogP contribution in [0.15, 0.2) is 24.3 Å². The number of ether oxygens (including phenoxy) is 3. The van der Waals surface area contributed by atoms with E-state index in [1.807, 2.05) is 24.3 Å². The number of carbonyl (C=O) groups is 1. The number of rotatable bonds is 7. The first-order valence-electron chi connectivity index (χ1n) is 8.10. The Bertz CT molecular complexity index is 487. The lowest BCUT2D eigenvalue weighted by molar-refractivity contribution is -0.136. The molecule has 1 aromatic carbocycles. The van der Waals surface area contributed by atoms with Crippen molar-refractivity contribution in [1.29, 1.82) is 0 Å². The highest BCUT2D eigenvalue weighted by molar-refractivity contribution is 5.89. The van der Waals surface area contributed by atoms with E-state index in [2.05, 4.69) is 24.5 Å². The normalized spacial score (nSPS) is 17.8. The molecule has 1 unspecified atom stereocenters. The molecule has 1 saturated heterocycles. The maximum absolute atomic E-state index is 11.9. The number of hydrogen-bond acceptors (Lipinski definition) is 4. The molecule has 0 bridgehead atoms. The van der Waals surface area contributed by atoms with Gasteiger partial charge in [-0.3, -0.25) is 0 Å². The number of benzene rings is 1. The minimum absolute atomic E-state index is 0.0141. The van der Waals surface area contributed by atoms with Crippen molar-refractivity contribution in [3.05, 3.63) is 24.3 Å². The van der Waals surface area contributed by atoms with Crippen molar-refractivity contribution in [1.82, 2.24) is 5.32 Å². The van der Waals surface area contributed by atoms with Gasteiger partial charge in [0.05, 0.1) is 19.3 Å². The van der Waals surface area contributed by atoms with Gasteiger partial charge in [-0.15, -0.1) is 0 Å². The second-order valence-corrected chi connectivity index (χ2v) is 6.00. The zero-order valence-corrected chi connectivity index (χ0v) is 13.8. The molecule has 2 amide bonds. The van der Waals surface area contributed by atoms with E-state index in [0.717, 1.165) is 18.6 Å². The molecule has 2 N–H and O–H groups in total. The minimum atomic E-state index is -0.251. The second-order valence-electron chi connectivity index (χ2n) is 6.00. The zero-order chi connectivity index (χ0) is 16.5. The Labute approximate surface area is 137 Å². The standard InChI is InChI=1S/C17H26N2O4/c1-13(2)6-9-22-15-5-3-4-14(10-15)19-17(20)18-11-16-7-8-21-12-23-16/h3-5,10,13,16H,6-9,11-12H2,1-2H3,(H2,18,19,20). The number of carbonyl (C=O) groups excluding carboxylic acids is 1. The first-order chi connectivity index (χ1) is 11.1. The molecule has 0 spiro atoms. The number of amides is 2. The van der Waals surface area contributed by atoms with Crippen molar-refractivity contribution in [2.24, 2.45) is 5.92 Å². The quantitative estimate of drug-likeness (QED) is 0.810. The fourth-order valence-corrected chi connectivity index (χ4v) is 2.12. The summed E-state index contributed by atoms with van der Waals surface area (Å²) in [5.41, 5.74) is 0.706. The predicted molar refractivity (Wildman–Crippen MR) is 88.7 cm³/mol. The van der Waals surface area contributed by atoms with Gasteiger partial charge in [-0.2, -0.15) is 0 Å². The van der Waals surface area contributed by atoms with Crippen LogP contribution in [0.3, 0.4) is 0 Å². The topological polar surface area (TPSA) is 68.8 Å². The van der Waals surface area contributed by atoms with Gasteiger partial charge >= 0.3 is 6.03 Å².